The highest BCUT2D eigenvalue weighted by molar-refractivity contribution is 7.89. The van der Waals surface area contributed by atoms with Crippen LogP contribution in [0.2, 0.25) is 0 Å². The Hall–Kier alpha value is -3.08. The van der Waals surface area contributed by atoms with Crippen LogP contribution >= 0.6 is 0 Å². The van der Waals surface area contributed by atoms with E-state index in [4.69, 9.17) is 9.15 Å². The van der Waals surface area contributed by atoms with Crippen LogP contribution in [0.4, 0.5) is 14.5 Å². The molecule has 0 aliphatic carbocycles. The van der Waals surface area contributed by atoms with E-state index >= 15 is 0 Å². The van der Waals surface area contributed by atoms with E-state index in [1.165, 1.54) is 36.4 Å². The number of morpholine rings is 1. The summed E-state index contributed by atoms with van der Waals surface area (Å²) in [6, 6.07) is 12.0. The number of furan rings is 1. The molecular formula is C21H18F2N2O5S. The molecule has 1 saturated heterocycles. The van der Waals surface area contributed by atoms with Crippen LogP contribution in [0.25, 0.3) is 11.3 Å². The number of rotatable bonds is 5. The first-order valence-electron chi connectivity index (χ1n) is 9.40. The zero-order chi connectivity index (χ0) is 22.0. The third-order valence-electron chi connectivity index (χ3n) is 4.75. The Kier molecular flexibility index (Phi) is 5.86. The lowest BCUT2D eigenvalue weighted by Crippen LogP contribution is -2.40. The summed E-state index contributed by atoms with van der Waals surface area (Å²) in [5, 5.41) is 2.48. The summed E-state index contributed by atoms with van der Waals surface area (Å²) in [5.41, 5.74) is 0.268. The topological polar surface area (TPSA) is 88.9 Å². The molecule has 1 aromatic heterocycles. The Labute approximate surface area is 177 Å². The van der Waals surface area contributed by atoms with Crippen molar-refractivity contribution in [3.8, 4) is 11.3 Å². The van der Waals surface area contributed by atoms with Gasteiger partial charge in [-0.3, -0.25) is 4.79 Å². The van der Waals surface area contributed by atoms with E-state index in [-0.39, 0.29) is 49.1 Å². The molecule has 0 spiro atoms. The van der Waals surface area contributed by atoms with Crippen molar-refractivity contribution < 1.29 is 31.1 Å². The normalized spacial score (nSPS) is 15.0. The van der Waals surface area contributed by atoms with Gasteiger partial charge >= 0.3 is 0 Å². The van der Waals surface area contributed by atoms with Crippen LogP contribution in [0.15, 0.2) is 63.9 Å². The van der Waals surface area contributed by atoms with E-state index in [0.29, 0.717) is 0 Å². The van der Waals surface area contributed by atoms with Gasteiger partial charge in [-0.05, 0) is 42.5 Å². The molecule has 2 heterocycles. The smallest absolute Gasteiger partial charge is 0.291 e. The second kappa shape index (κ2) is 8.58. The van der Waals surface area contributed by atoms with Gasteiger partial charge < -0.3 is 14.5 Å². The molecular weight excluding hydrogens is 430 g/mol. The molecule has 1 aliphatic rings. The highest BCUT2D eigenvalue weighted by atomic mass is 32.2. The summed E-state index contributed by atoms with van der Waals surface area (Å²) >= 11 is 0. The van der Waals surface area contributed by atoms with Crippen molar-refractivity contribution in [2.75, 3.05) is 31.6 Å². The largest absolute Gasteiger partial charge is 0.451 e. The quantitative estimate of drug-likeness (QED) is 0.646. The predicted molar refractivity (Wildman–Crippen MR) is 108 cm³/mol. The van der Waals surface area contributed by atoms with Crippen molar-refractivity contribution in [3.63, 3.8) is 0 Å². The molecule has 0 bridgehead atoms. The lowest BCUT2D eigenvalue weighted by atomic mass is 10.1. The standard InChI is InChI=1S/C21H18F2N2O5S/c22-16-4-2-1-3-15(16)18-7-8-19(30-18)21(26)24-14-5-6-17(23)20(13-14)31(27,28)25-9-11-29-12-10-25/h1-8,13H,9-12H2,(H,24,26). The van der Waals surface area contributed by atoms with Crippen molar-refractivity contribution in [3.05, 3.63) is 72.0 Å². The summed E-state index contributed by atoms with van der Waals surface area (Å²) < 4.78 is 65.5. The van der Waals surface area contributed by atoms with Gasteiger partial charge in [0.2, 0.25) is 10.0 Å². The SMILES string of the molecule is O=C(Nc1ccc(F)c(S(=O)(=O)N2CCOCC2)c1)c1ccc(-c2ccccc2F)o1. The maximum atomic E-state index is 14.3. The minimum Gasteiger partial charge on any atom is -0.451 e. The summed E-state index contributed by atoms with van der Waals surface area (Å²) in [6.45, 7) is 0.674. The number of carbonyl (C=O) groups is 1. The number of hydrogen-bond donors (Lipinski definition) is 1. The van der Waals surface area contributed by atoms with Crippen LogP contribution < -0.4 is 5.32 Å². The zero-order valence-electron chi connectivity index (χ0n) is 16.2. The number of amides is 1. The van der Waals surface area contributed by atoms with Crippen molar-refractivity contribution in [1.82, 2.24) is 4.31 Å². The van der Waals surface area contributed by atoms with E-state index in [1.807, 2.05) is 0 Å². The van der Waals surface area contributed by atoms with Crippen molar-refractivity contribution in [2.45, 2.75) is 4.90 Å². The molecule has 1 N–H and O–H groups in total. The highest BCUT2D eigenvalue weighted by Crippen LogP contribution is 2.27. The van der Waals surface area contributed by atoms with Gasteiger partial charge in [0.1, 0.15) is 22.3 Å². The Bertz CT molecular complexity index is 1220. The third kappa shape index (κ3) is 4.36. The van der Waals surface area contributed by atoms with Gasteiger partial charge in [-0.1, -0.05) is 12.1 Å². The van der Waals surface area contributed by atoms with Gasteiger partial charge in [0.15, 0.2) is 5.76 Å². The third-order valence-corrected chi connectivity index (χ3v) is 6.66. The van der Waals surface area contributed by atoms with Crippen molar-refractivity contribution >= 4 is 21.6 Å². The molecule has 1 amide bonds. The molecule has 4 rings (SSSR count). The molecule has 3 aromatic rings. The number of hydrogen-bond acceptors (Lipinski definition) is 5. The second-order valence-corrected chi connectivity index (χ2v) is 8.67. The number of anilines is 1. The minimum absolute atomic E-state index is 0.0714. The summed E-state index contributed by atoms with van der Waals surface area (Å²) in [7, 11) is -4.09. The summed E-state index contributed by atoms with van der Waals surface area (Å²) in [6.07, 6.45) is 0. The molecule has 0 atom stereocenters. The molecule has 0 saturated carbocycles. The van der Waals surface area contributed by atoms with E-state index in [2.05, 4.69) is 5.32 Å². The Morgan fingerprint density at radius 1 is 0.968 bits per heavy atom. The first-order valence-corrected chi connectivity index (χ1v) is 10.8. The fourth-order valence-corrected chi connectivity index (χ4v) is 4.66. The summed E-state index contributed by atoms with van der Waals surface area (Å²) in [4.78, 5) is 12.0. The average Bonchev–Trinajstić information content (AvgIpc) is 3.26. The molecule has 7 nitrogen and oxygen atoms in total. The highest BCUT2D eigenvalue weighted by Gasteiger charge is 2.29. The maximum Gasteiger partial charge on any atom is 0.291 e. The van der Waals surface area contributed by atoms with Crippen LogP contribution in [0.5, 0.6) is 0 Å². The number of carbonyl (C=O) groups excluding carboxylic acids is 1. The fourth-order valence-electron chi connectivity index (χ4n) is 3.16. The number of ether oxygens (including phenoxy) is 1. The van der Waals surface area contributed by atoms with Gasteiger partial charge in [-0.2, -0.15) is 4.31 Å². The van der Waals surface area contributed by atoms with Crippen LogP contribution in [0.1, 0.15) is 10.6 Å². The van der Waals surface area contributed by atoms with Crippen LogP contribution in [-0.4, -0.2) is 44.9 Å². The number of nitrogens with zero attached hydrogens (tertiary/aromatic N) is 1. The average molecular weight is 448 g/mol. The molecule has 162 valence electrons. The first-order chi connectivity index (χ1) is 14.9. The Morgan fingerprint density at radius 3 is 2.45 bits per heavy atom. The molecule has 0 unspecified atom stereocenters. The zero-order valence-corrected chi connectivity index (χ0v) is 17.0. The Balaban J connectivity index is 1.56. The fraction of sp³-hybridized carbons (Fsp3) is 0.190. The van der Waals surface area contributed by atoms with Gasteiger partial charge in [0.05, 0.1) is 18.8 Å². The number of nitrogens with one attached hydrogen (secondary N) is 1. The first kappa shape index (κ1) is 21.2. The van der Waals surface area contributed by atoms with Crippen molar-refractivity contribution in [2.24, 2.45) is 0 Å². The lowest BCUT2D eigenvalue weighted by Gasteiger charge is -2.26. The Morgan fingerprint density at radius 2 is 1.71 bits per heavy atom. The van der Waals surface area contributed by atoms with Gasteiger partial charge in [0, 0.05) is 18.8 Å². The molecule has 0 radical (unpaired) electrons. The van der Waals surface area contributed by atoms with E-state index in [1.54, 1.807) is 6.07 Å². The van der Waals surface area contributed by atoms with Crippen LogP contribution in [0, 0.1) is 11.6 Å². The minimum atomic E-state index is -4.09. The van der Waals surface area contributed by atoms with E-state index < -0.39 is 32.5 Å². The lowest BCUT2D eigenvalue weighted by molar-refractivity contribution is 0.0729. The molecule has 1 aliphatic heterocycles. The molecule has 1 fully saturated rings. The number of halogens is 2. The number of sulfonamides is 1. The monoisotopic (exact) mass is 448 g/mol. The predicted octanol–water partition coefficient (Wildman–Crippen LogP) is 3.50. The van der Waals surface area contributed by atoms with Gasteiger partial charge in [-0.15, -0.1) is 0 Å². The number of benzene rings is 2. The maximum absolute atomic E-state index is 14.3. The second-order valence-electron chi connectivity index (χ2n) is 6.76. The van der Waals surface area contributed by atoms with Crippen LogP contribution in [0.3, 0.4) is 0 Å². The molecule has 2 aromatic carbocycles. The molecule has 31 heavy (non-hydrogen) atoms. The van der Waals surface area contributed by atoms with Gasteiger partial charge in [0.25, 0.3) is 5.91 Å². The van der Waals surface area contributed by atoms with E-state index in [9.17, 15) is 22.0 Å². The van der Waals surface area contributed by atoms with Crippen molar-refractivity contribution in [1.29, 1.82) is 0 Å². The molecule has 10 heteroatoms. The van der Waals surface area contributed by atoms with E-state index in [0.717, 1.165) is 16.4 Å². The van der Waals surface area contributed by atoms with Gasteiger partial charge in [-0.25, -0.2) is 17.2 Å². The van der Waals surface area contributed by atoms with Crippen LogP contribution in [-0.2, 0) is 14.8 Å². The summed E-state index contributed by atoms with van der Waals surface area (Å²) in [5.74, 6) is -2.06.